The minimum atomic E-state index is 0.201. The van der Waals surface area contributed by atoms with Gasteiger partial charge in [-0.1, -0.05) is 19.1 Å². The number of hydrogen-bond donors (Lipinski definition) is 2. The van der Waals surface area contributed by atoms with Crippen molar-refractivity contribution in [1.82, 2.24) is 20.4 Å². The first-order valence-corrected chi connectivity index (χ1v) is 9.20. The van der Waals surface area contributed by atoms with E-state index in [9.17, 15) is 0 Å². The van der Waals surface area contributed by atoms with Crippen molar-refractivity contribution >= 4 is 5.96 Å². The summed E-state index contributed by atoms with van der Waals surface area (Å²) in [7, 11) is 3.71. The number of aryl methyl sites for hydroxylation is 2. The Hall–Kier alpha value is -2.50. The first kappa shape index (κ1) is 19.8. The molecule has 0 aliphatic rings. The van der Waals surface area contributed by atoms with E-state index >= 15 is 0 Å². The average molecular weight is 358 g/mol. The molecule has 142 valence electrons. The van der Waals surface area contributed by atoms with E-state index in [0.29, 0.717) is 6.54 Å². The lowest BCUT2D eigenvalue weighted by Crippen LogP contribution is -2.38. The third-order valence-corrected chi connectivity index (χ3v) is 4.26. The molecule has 0 spiro atoms. The van der Waals surface area contributed by atoms with E-state index < -0.39 is 0 Å². The van der Waals surface area contributed by atoms with Crippen molar-refractivity contribution in [3.8, 4) is 5.75 Å². The van der Waals surface area contributed by atoms with E-state index in [2.05, 4.69) is 59.7 Å². The van der Waals surface area contributed by atoms with Crippen molar-refractivity contribution in [2.24, 2.45) is 12.0 Å². The molecule has 0 fully saturated rings. The zero-order valence-corrected chi connectivity index (χ0v) is 16.5. The highest BCUT2D eigenvalue weighted by atomic mass is 16.5. The second kappa shape index (κ2) is 9.85. The largest absolute Gasteiger partial charge is 0.490 e. The van der Waals surface area contributed by atoms with Crippen molar-refractivity contribution < 1.29 is 4.74 Å². The summed E-state index contributed by atoms with van der Waals surface area (Å²) in [6.07, 6.45) is 6.01. The van der Waals surface area contributed by atoms with Crippen LogP contribution in [0.3, 0.4) is 0 Å². The van der Waals surface area contributed by atoms with E-state index in [1.165, 1.54) is 11.1 Å². The Kier molecular flexibility index (Phi) is 7.51. The van der Waals surface area contributed by atoms with Crippen molar-refractivity contribution in [3.63, 3.8) is 0 Å². The molecule has 0 aliphatic heterocycles. The molecule has 2 rings (SSSR count). The number of nitrogens with one attached hydrogen (secondary N) is 2. The van der Waals surface area contributed by atoms with Gasteiger partial charge in [0, 0.05) is 38.9 Å². The van der Waals surface area contributed by atoms with Gasteiger partial charge in [0.25, 0.3) is 0 Å². The van der Waals surface area contributed by atoms with Crippen LogP contribution in [0.1, 0.15) is 37.0 Å². The van der Waals surface area contributed by atoms with Gasteiger partial charge in [-0.2, -0.15) is 5.10 Å². The SMILES string of the molecule is CCC(C)Oc1cc(C)ccc1CNC(=NC)NCCc1cnn(C)c1. The minimum absolute atomic E-state index is 0.201. The molecule has 6 nitrogen and oxygen atoms in total. The highest BCUT2D eigenvalue weighted by Gasteiger charge is 2.09. The van der Waals surface area contributed by atoms with Crippen LogP contribution in [0.25, 0.3) is 0 Å². The Bertz CT molecular complexity index is 723. The van der Waals surface area contributed by atoms with Crippen LogP contribution in [0.5, 0.6) is 5.75 Å². The molecule has 0 saturated heterocycles. The maximum Gasteiger partial charge on any atom is 0.191 e. The molecule has 0 radical (unpaired) electrons. The topological polar surface area (TPSA) is 63.5 Å². The van der Waals surface area contributed by atoms with Crippen molar-refractivity contribution in [1.29, 1.82) is 0 Å². The maximum absolute atomic E-state index is 6.07. The van der Waals surface area contributed by atoms with Crippen LogP contribution in [0.15, 0.2) is 35.6 Å². The zero-order valence-electron chi connectivity index (χ0n) is 16.5. The van der Waals surface area contributed by atoms with Crippen LogP contribution in [0.4, 0.5) is 0 Å². The molecule has 0 bridgehead atoms. The first-order chi connectivity index (χ1) is 12.5. The highest BCUT2D eigenvalue weighted by molar-refractivity contribution is 5.79. The zero-order chi connectivity index (χ0) is 18.9. The van der Waals surface area contributed by atoms with Crippen molar-refractivity contribution in [2.75, 3.05) is 13.6 Å². The molecule has 0 saturated carbocycles. The fourth-order valence-corrected chi connectivity index (χ4v) is 2.54. The van der Waals surface area contributed by atoms with Crippen LogP contribution in [-0.4, -0.2) is 35.4 Å². The molecular formula is C20H31N5O. The lowest BCUT2D eigenvalue weighted by molar-refractivity contribution is 0.215. The number of hydrogen-bond acceptors (Lipinski definition) is 3. The molecular weight excluding hydrogens is 326 g/mol. The smallest absolute Gasteiger partial charge is 0.191 e. The molecule has 2 aromatic rings. The Morgan fingerprint density at radius 2 is 2.15 bits per heavy atom. The Morgan fingerprint density at radius 3 is 2.81 bits per heavy atom. The van der Waals surface area contributed by atoms with Crippen LogP contribution >= 0.6 is 0 Å². The van der Waals surface area contributed by atoms with E-state index in [-0.39, 0.29) is 6.10 Å². The lowest BCUT2D eigenvalue weighted by atomic mass is 10.1. The van der Waals surface area contributed by atoms with Gasteiger partial charge in [-0.05, 0) is 43.9 Å². The Labute approximate surface area is 156 Å². The molecule has 1 aromatic carbocycles. The van der Waals surface area contributed by atoms with Gasteiger partial charge in [0.15, 0.2) is 5.96 Å². The van der Waals surface area contributed by atoms with Crippen LogP contribution in [0.2, 0.25) is 0 Å². The predicted molar refractivity (Wildman–Crippen MR) is 107 cm³/mol. The summed E-state index contributed by atoms with van der Waals surface area (Å²) in [6.45, 7) is 7.78. The number of guanidine groups is 1. The minimum Gasteiger partial charge on any atom is -0.490 e. The lowest BCUT2D eigenvalue weighted by Gasteiger charge is -2.18. The van der Waals surface area contributed by atoms with Gasteiger partial charge in [-0.25, -0.2) is 0 Å². The van der Waals surface area contributed by atoms with Crippen LogP contribution < -0.4 is 15.4 Å². The molecule has 1 atom stereocenters. The monoisotopic (exact) mass is 357 g/mol. The van der Waals surface area contributed by atoms with E-state index in [1.807, 2.05) is 24.1 Å². The van der Waals surface area contributed by atoms with Gasteiger partial charge in [-0.3, -0.25) is 9.67 Å². The second-order valence-corrected chi connectivity index (χ2v) is 6.57. The van der Waals surface area contributed by atoms with Crippen molar-refractivity contribution in [2.45, 2.75) is 46.3 Å². The van der Waals surface area contributed by atoms with E-state index in [0.717, 1.165) is 36.7 Å². The first-order valence-electron chi connectivity index (χ1n) is 9.20. The summed E-state index contributed by atoms with van der Waals surface area (Å²) in [6, 6.07) is 6.32. The number of aliphatic imine (C=N–C) groups is 1. The summed E-state index contributed by atoms with van der Waals surface area (Å²) >= 11 is 0. The summed E-state index contributed by atoms with van der Waals surface area (Å²) in [5, 5.41) is 10.9. The van der Waals surface area contributed by atoms with Crippen molar-refractivity contribution in [3.05, 3.63) is 47.3 Å². The summed E-state index contributed by atoms with van der Waals surface area (Å²) < 4.78 is 7.89. The van der Waals surface area contributed by atoms with Gasteiger partial charge in [0.1, 0.15) is 5.75 Å². The summed E-state index contributed by atoms with van der Waals surface area (Å²) in [5.74, 6) is 1.72. The highest BCUT2D eigenvalue weighted by Crippen LogP contribution is 2.22. The maximum atomic E-state index is 6.07. The fourth-order valence-electron chi connectivity index (χ4n) is 2.54. The third kappa shape index (κ3) is 6.10. The molecule has 1 aromatic heterocycles. The molecule has 0 aliphatic carbocycles. The molecule has 1 unspecified atom stereocenters. The van der Waals surface area contributed by atoms with Gasteiger partial charge >= 0.3 is 0 Å². The molecule has 6 heteroatoms. The van der Waals surface area contributed by atoms with Crippen LogP contribution in [-0.2, 0) is 20.0 Å². The van der Waals surface area contributed by atoms with Crippen LogP contribution in [0, 0.1) is 6.92 Å². The Balaban J connectivity index is 1.89. The van der Waals surface area contributed by atoms with Gasteiger partial charge in [0.05, 0.1) is 12.3 Å². The van der Waals surface area contributed by atoms with E-state index in [4.69, 9.17) is 4.74 Å². The molecule has 2 N–H and O–H groups in total. The number of nitrogens with zero attached hydrogens (tertiary/aromatic N) is 3. The van der Waals surface area contributed by atoms with Gasteiger partial charge in [-0.15, -0.1) is 0 Å². The molecule has 26 heavy (non-hydrogen) atoms. The average Bonchev–Trinajstić information content (AvgIpc) is 3.04. The third-order valence-electron chi connectivity index (χ3n) is 4.26. The summed E-state index contributed by atoms with van der Waals surface area (Å²) in [5.41, 5.74) is 3.54. The quantitative estimate of drug-likeness (QED) is 0.563. The summed E-state index contributed by atoms with van der Waals surface area (Å²) in [4.78, 5) is 4.30. The second-order valence-electron chi connectivity index (χ2n) is 6.57. The van der Waals surface area contributed by atoms with E-state index in [1.54, 1.807) is 7.05 Å². The number of ether oxygens (including phenoxy) is 1. The number of aromatic nitrogens is 2. The van der Waals surface area contributed by atoms with Gasteiger partial charge < -0.3 is 15.4 Å². The normalized spacial score (nSPS) is 12.7. The number of benzene rings is 1. The standard InChI is InChI=1S/C20H31N5O/c1-6-16(3)26-19-11-15(2)7-8-18(19)13-23-20(21-4)22-10-9-17-12-24-25(5)14-17/h7-8,11-12,14,16H,6,9-10,13H2,1-5H3,(H2,21,22,23). The Morgan fingerprint density at radius 1 is 1.35 bits per heavy atom. The molecule has 0 amide bonds. The van der Waals surface area contributed by atoms with Gasteiger partial charge in [0.2, 0.25) is 0 Å². The fraction of sp³-hybridized carbons (Fsp3) is 0.500. The molecule has 1 heterocycles. The number of rotatable bonds is 8. The predicted octanol–water partition coefficient (Wildman–Crippen LogP) is 2.81.